The lowest BCUT2D eigenvalue weighted by Gasteiger charge is -2.21. The van der Waals surface area contributed by atoms with Crippen molar-refractivity contribution in [1.29, 1.82) is 0 Å². The normalized spacial score (nSPS) is 21.3. The molecule has 1 atom stereocenters. The number of amides is 1. The summed E-state index contributed by atoms with van der Waals surface area (Å²) in [6, 6.07) is 0.484. The highest BCUT2D eigenvalue weighted by atomic mass is 16.6. The molecule has 5 heteroatoms. The van der Waals surface area contributed by atoms with Crippen LogP contribution in [0.2, 0.25) is 0 Å². The average molecular weight is 293 g/mol. The number of nitrogens with zero attached hydrogens (tertiary/aromatic N) is 2. The van der Waals surface area contributed by atoms with Crippen LogP contribution in [0.4, 0.5) is 4.79 Å². The number of imidazole rings is 1. The second-order valence-electron chi connectivity index (χ2n) is 7.71. The Labute approximate surface area is 127 Å². The molecule has 0 spiro atoms. The fourth-order valence-electron chi connectivity index (χ4n) is 2.91. The fraction of sp³-hybridized carbons (Fsp3) is 0.750. The third kappa shape index (κ3) is 4.48. The Morgan fingerprint density at radius 2 is 2.24 bits per heavy atom. The van der Waals surface area contributed by atoms with Gasteiger partial charge in [-0.1, -0.05) is 13.8 Å². The van der Waals surface area contributed by atoms with E-state index in [1.54, 1.807) is 0 Å². The molecule has 118 valence electrons. The Bertz CT molecular complexity index is 500. The van der Waals surface area contributed by atoms with E-state index < -0.39 is 5.60 Å². The maximum absolute atomic E-state index is 11.7. The van der Waals surface area contributed by atoms with Crippen molar-refractivity contribution >= 4 is 6.09 Å². The summed E-state index contributed by atoms with van der Waals surface area (Å²) in [4.78, 5) is 16.0. The third-order valence-electron chi connectivity index (χ3n) is 3.89. The van der Waals surface area contributed by atoms with E-state index in [9.17, 15) is 4.79 Å². The lowest BCUT2D eigenvalue weighted by atomic mass is 9.92. The van der Waals surface area contributed by atoms with Gasteiger partial charge in [-0.3, -0.25) is 0 Å². The highest BCUT2D eigenvalue weighted by Gasteiger charge is 2.32. The van der Waals surface area contributed by atoms with Gasteiger partial charge in [0.15, 0.2) is 0 Å². The van der Waals surface area contributed by atoms with Crippen LogP contribution in [0.25, 0.3) is 0 Å². The summed E-state index contributed by atoms with van der Waals surface area (Å²) in [5.41, 5.74) is 0.952. The summed E-state index contributed by atoms with van der Waals surface area (Å²) in [6.45, 7) is 10.6. The molecule has 1 N–H and O–H groups in total. The quantitative estimate of drug-likeness (QED) is 0.925. The lowest BCUT2D eigenvalue weighted by Crippen LogP contribution is -2.32. The minimum Gasteiger partial charge on any atom is -0.444 e. The van der Waals surface area contributed by atoms with E-state index in [4.69, 9.17) is 4.74 Å². The number of ether oxygens (including phenoxy) is 1. The second-order valence-corrected chi connectivity index (χ2v) is 7.71. The van der Waals surface area contributed by atoms with Crippen LogP contribution < -0.4 is 5.32 Å². The van der Waals surface area contributed by atoms with E-state index in [2.05, 4.69) is 28.7 Å². The van der Waals surface area contributed by atoms with Crippen molar-refractivity contribution in [2.75, 3.05) is 0 Å². The van der Waals surface area contributed by atoms with Crippen molar-refractivity contribution in [2.45, 2.75) is 72.1 Å². The van der Waals surface area contributed by atoms with Gasteiger partial charge < -0.3 is 14.6 Å². The molecule has 1 unspecified atom stereocenters. The molecule has 1 aliphatic carbocycles. The first-order valence-electron chi connectivity index (χ1n) is 7.64. The highest BCUT2D eigenvalue weighted by Crippen LogP contribution is 2.43. The molecule has 1 aromatic heterocycles. The number of hydrogen-bond donors (Lipinski definition) is 1. The van der Waals surface area contributed by atoms with Crippen LogP contribution in [-0.4, -0.2) is 21.2 Å². The first-order chi connectivity index (χ1) is 9.66. The van der Waals surface area contributed by atoms with Crippen LogP contribution in [0.1, 0.15) is 65.6 Å². The van der Waals surface area contributed by atoms with Gasteiger partial charge in [0.2, 0.25) is 0 Å². The van der Waals surface area contributed by atoms with Crippen molar-refractivity contribution in [3.8, 4) is 0 Å². The second kappa shape index (κ2) is 5.70. The summed E-state index contributed by atoms with van der Waals surface area (Å²) >= 11 is 0. The maximum Gasteiger partial charge on any atom is 0.407 e. The van der Waals surface area contributed by atoms with Gasteiger partial charge in [-0.25, -0.2) is 9.78 Å². The number of carbonyl (C=O) groups is 1. The minimum atomic E-state index is -0.472. The van der Waals surface area contributed by atoms with Crippen LogP contribution >= 0.6 is 0 Å². The molecule has 0 aliphatic heterocycles. The molecule has 5 nitrogen and oxygen atoms in total. The Balaban J connectivity index is 1.94. The SMILES string of the molecule is CC1(C)CCC(n2cncc2CNC(=O)OC(C)(C)C)C1. The first-order valence-corrected chi connectivity index (χ1v) is 7.64. The zero-order chi connectivity index (χ0) is 15.7. The molecule has 0 radical (unpaired) electrons. The number of rotatable bonds is 3. The molecule has 1 amide bonds. The van der Waals surface area contributed by atoms with Crippen LogP contribution in [0.5, 0.6) is 0 Å². The summed E-state index contributed by atoms with van der Waals surface area (Å²) in [5, 5.41) is 2.80. The van der Waals surface area contributed by atoms with Gasteiger partial charge in [-0.15, -0.1) is 0 Å². The zero-order valence-corrected chi connectivity index (χ0v) is 13.8. The number of nitrogens with one attached hydrogen (secondary N) is 1. The van der Waals surface area contributed by atoms with Crippen molar-refractivity contribution < 1.29 is 9.53 Å². The van der Waals surface area contributed by atoms with Gasteiger partial charge in [0.1, 0.15) is 5.60 Å². The predicted molar refractivity (Wildman–Crippen MR) is 82.0 cm³/mol. The maximum atomic E-state index is 11.7. The molecule has 0 bridgehead atoms. The predicted octanol–water partition coefficient (Wildman–Crippen LogP) is 3.66. The van der Waals surface area contributed by atoms with Crippen molar-refractivity contribution in [2.24, 2.45) is 5.41 Å². The molecular formula is C16H27N3O2. The standard InChI is InChI=1S/C16H27N3O2/c1-15(2,3)21-14(20)18-10-13-9-17-11-19(13)12-6-7-16(4,5)8-12/h9,11-12H,6-8,10H2,1-5H3,(H,18,20). The zero-order valence-electron chi connectivity index (χ0n) is 13.8. The molecule has 1 aliphatic rings. The van der Waals surface area contributed by atoms with Gasteiger partial charge in [-0.2, -0.15) is 0 Å². The highest BCUT2D eigenvalue weighted by molar-refractivity contribution is 5.67. The van der Waals surface area contributed by atoms with E-state index in [1.165, 1.54) is 12.8 Å². The van der Waals surface area contributed by atoms with Gasteiger partial charge in [0, 0.05) is 12.2 Å². The minimum absolute atomic E-state index is 0.387. The van der Waals surface area contributed by atoms with Gasteiger partial charge in [0.25, 0.3) is 0 Å². The topological polar surface area (TPSA) is 56.2 Å². The molecule has 1 saturated carbocycles. The number of aromatic nitrogens is 2. The lowest BCUT2D eigenvalue weighted by molar-refractivity contribution is 0.0522. The van der Waals surface area contributed by atoms with E-state index >= 15 is 0 Å². The Morgan fingerprint density at radius 3 is 2.81 bits per heavy atom. The average Bonchev–Trinajstić information content (AvgIpc) is 2.90. The van der Waals surface area contributed by atoms with Crippen LogP contribution in [0, 0.1) is 5.41 Å². The summed E-state index contributed by atoms with van der Waals surface area (Å²) in [5.74, 6) is 0. The Hall–Kier alpha value is -1.52. The van der Waals surface area contributed by atoms with Crippen molar-refractivity contribution in [3.05, 3.63) is 18.2 Å². The number of alkyl carbamates (subject to hydrolysis) is 1. The first kappa shape index (κ1) is 15.9. The monoisotopic (exact) mass is 293 g/mol. The molecule has 0 aromatic carbocycles. The Kier molecular flexibility index (Phi) is 4.30. The molecule has 0 saturated heterocycles. The van der Waals surface area contributed by atoms with Crippen molar-refractivity contribution in [3.63, 3.8) is 0 Å². The van der Waals surface area contributed by atoms with E-state index in [-0.39, 0.29) is 6.09 Å². The van der Waals surface area contributed by atoms with Crippen LogP contribution in [0.15, 0.2) is 12.5 Å². The van der Waals surface area contributed by atoms with E-state index in [0.717, 1.165) is 12.1 Å². The number of carbonyl (C=O) groups excluding carboxylic acids is 1. The molecule has 1 aromatic rings. The van der Waals surface area contributed by atoms with E-state index in [0.29, 0.717) is 18.0 Å². The summed E-state index contributed by atoms with van der Waals surface area (Å²) in [7, 11) is 0. The number of hydrogen-bond acceptors (Lipinski definition) is 3. The third-order valence-corrected chi connectivity index (χ3v) is 3.89. The van der Waals surface area contributed by atoms with Gasteiger partial charge in [0.05, 0.1) is 18.6 Å². The van der Waals surface area contributed by atoms with E-state index in [1.807, 2.05) is 33.3 Å². The van der Waals surface area contributed by atoms with Gasteiger partial charge >= 0.3 is 6.09 Å². The molecule has 2 rings (SSSR count). The smallest absolute Gasteiger partial charge is 0.407 e. The molecular weight excluding hydrogens is 266 g/mol. The van der Waals surface area contributed by atoms with Crippen LogP contribution in [0.3, 0.4) is 0 Å². The fourth-order valence-corrected chi connectivity index (χ4v) is 2.91. The molecule has 1 fully saturated rings. The van der Waals surface area contributed by atoms with Gasteiger partial charge in [-0.05, 0) is 45.4 Å². The van der Waals surface area contributed by atoms with Crippen molar-refractivity contribution in [1.82, 2.24) is 14.9 Å². The molecule has 1 heterocycles. The van der Waals surface area contributed by atoms with Crippen LogP contribution in [-0.2, 0) is 11.3 Å². The summed E-state index contributed by atoms with van der Waals surface area (Å²) < 4.78 is 7.46. The molecule has 21 heavy (non-hydrogen) atoms. The Morgan fingerprint density at radius 1 is 1.52 bits per heavy atom. The largest absolute Gasteiger partial charge is 0.444 e. The summed E-state index contributed by atoms with van der Waals surface area (Å²) in [6.07, 6.45) is 6.86.